The molecule has 3 atom stereocenters. The summed E-state index contributed by atoms with van der Waals surface area (Å²) in [5, 5.41) is 3.38. The SMILES string of the molecule is CC1CCC(CC(C)C2CNC2)C1. The Morgan fingerprint density at radius 3 is 2.54 bits per heavy atom. The van der Waals surface area contributed by atoms with Crippen LogP contribution in [0.5, 0.6) is 0 Å². The summed E-state index contributed by atoms with van der Waals surface area (Å²) in [5.41, 5.74) is 0. The van der Waals surface area contributed by atoms with Gasteiger partial charge in [0.2, 0.25) is 0 Å². The van der Waals surface area contributed by atoms with E-state index in [0.29, 0.717) is 0 Å². The smallest absolute Gasteiger partial charge is 0.000569 e. The fourth-order valence-electron chi connectivity index (χ4n) is 2.97. The van der Waals surface area contributed by atoms with Gasteiger partial charge in [-0.25, -0.2) is 0 Å². The van der Waals surface area contributed by atoms with Crippen LogP contribution in [0.2, 0.25) is 0 Å². The van der Waals surface area contributed by atoms with Crippen molar-refractivity contribution in [3.63, 3.8) is 0 Å². The van der Waals surface area contributed by atoms with E-state index in [1.165, 1.54) is 38.8 Å². The topological polar surface area (TPSA) is 12.0 Å². The molecule has 0 aromatic rings. The van der Waals surface area contributed by atoms with Gasteiger partial charge in [0, 0.05) is 0 Å². The summed E-state index contributed by atoms with van der Waals surface area (Å²) in [7, 11) is 0. The maximum Gasteiger partial charge on any atom is -0.000569 e. The second-order valence-electron chi connectivity index (χ2n) is 5.42. The molecule has 13 heavy (non-hydrogen) atoms. The van der Waals surface area contributed by atoms with E-state index in [9.17, 15) is 0 Å². The lowest BCUT2D eigenvalue weighted by Crippen LogP contribution is -2.45. The van der Waals surface area contributed by atoms with Crippen LogP contribution in [0.15, 0.2) is 0 Å². The predicted octanol–water partition coefficient (Wildman–Crippen LogP) is 2.67. The van der Waals surface area contributed by atoms with Crippen molar-refractivity contribution in [2.24, 2.45) is 23.7 Å². The first-order valence-electron chi connectivity index (χ1n) is 5.96. The van der Waals surface area contributed by atoms with Gasteiger partial charge in [0.15, 0.2) is 0 Å². The summed E-state index contributed by atoms with van der Waals surface area (Å²) in [6.45, 7) is 7.43. The highest BCUT2D eigenvalue weighted by molar-refractivity contribution is 4.82. The Balaban J connectivity index is 1.71. The van der Waals surface area contributed by atoms with E-state index in [0.717, 1.165) is 23.7 Å². The van der Waals surface area contributed by atoms with Crippen molar-refractivity contribution in [1.29, 1.82) is 0 Å². The quantitative estimate of drug-likeness (QED) is 0.706. The van der Waals surface area contributed by atoms with Gasteiger partial charge in [-0.1, -0.05) is 26.7 Å². The molecule has 2 fully saturated rings. The standard InChI is InChI=1S/C12H23N/c1-9-3-4-11(5-9)6-10(2)12-7-13-8-12/h9-13H,3-8H2,1-2H3. The first-order valence-corrected chi connectivity index (χ1v) is 5.96. The average molecular weight is 181 g/mol. The molecule has 1 heterocycles. The Bertz CT molecular complexity index is 163. The van der Waals surface area contributed by atoms with Crippen molar-refractivity contribution in [3.05, 3.63) is 0 Å². The highest BCUT2D eigenvalue weighted by Crippen LogP contribution is 2.36. The van der Waals surface area contributed by atoms with E-state index in [-0.39, 0.29) is 0 Å². The molecule has 1 nitrogen and oxygen atoms in total. The summed E-state index contributed by atoms with van der Waals surface area (Å²) >= 11 is 0. The van der Waals surface area contributed by atoms with Gasteiger partial charge in [-0.3, -0.25) is 0 Å². The Kier molecular flexibility index (Phi) is 2.92. The molecule has 0 radical (unpaired) electrons. The van der Waals surface area contributed by atoms with E-state index in [1.54, 1.807) is 0 Å². The summed E-state index contributed by atoms with van der Waals surface area (Å²) in [5.74, 6) is 4.04. The maximum absolute atomic E-state index is 3.38. The van der Waals surface area contributed by atoms with Crippen LogP contribution >= 0.6 is 0 Å². The lowest BCUT2D eigenvalue weighted by molar-refractivity contribution is 0.212. The molecule has 1 aliphatic carbocycles. The van der Waals surface area contributed by atoms with Crippen molar-refractivity contribution < 1.29 is 0 Å². The van der Waals surface area contributed by atoms with E-state index < -0.39 is 0 Å². The van der Waals surface area contributed by atoms with Crippen molar-refractivity contribution in [2.45, 2.75) is 39.5 Å². The fourth-order valence-corrected chi connectivity index (χ4v) is 2.97. The monoisotopic (exact) mass is 181 g/mol. The van der Waals surface area contributed by atoms with Gasteiger partial charge >= 0.3 is 0 Å². The Labute approximate surface area is 82.3 Å². The van der Waals surface area contributed by atoms with Crippen LogP contribution in [0.3, 0.4) is 0 Å². The van der Waals surface area contributed by atoms with Gasteiger partial charge in [-0.05, 0) is 49.6 Å². The van der Waals surface area contributed by atoms with Crippen LogP contribution in [0, 0.1) is 23.7 Å². The van der Waals surface area contributed by atoms with Crippen molar-refractivity contribution in [1.82, 2.24) is 5.32 Å². The number of rotatable bonds is 3. The van der Waals surface area contributed by atoms with Gasteiger partial charge in [0.05, 0.1) is 0 Å². The Hall–Kier alpha value is -0.0400. The molecular weight excluding hydrogens is 158 g/mol. The van der Waals surface area contributed by atoms with Gasteiger partial charge in [-0.15, -0.1) is 0 Å². The number of hydrogen-bond acceptors (Lipinski definition) is 1. The minimum atomic E-state index is 0.969. The van der Waals surface area contributed by atoms with Gasteiger partial charge < -0.3 is 5.32 Å². The highest BCUT2D eigenvalue weighted by atomic mass is 14.9. The summed E-state index contributed by atoms with van der Waals surface area (Å²) in [6.07, 6.45) is 5.99. The fraction of sp³-hybridized carbons (Fsp3) is 1.00. The Morgan fingerprint density at radius 2 is 2.08 bits per heavy atom. The largest absolute Gasteiger partial charge is 0.316 e. The van der Waals surface area contributed by atoms with Crippen LogP contribution < -0.4 is 5.32 Å². The van der Waals surface area contributed by atoms with E-state index in [1.807, 2.05) is 0 Å². The number of nitrogens with one attached hydrogen (secondary N) is 1. The second-order valence-corrected chi connectivity index (χ2v) is 5.42. The molecule has 2 rings (SSSR count). The molecule has 1 saturated heterocycles. The second kappa shape index (κ2) is 4.00. The van der Waals surface area contributed by atoms with Gasteiger partial charge in [-0.2, -0.15) is 0 Å². The Morgan fingerprint density at radius 1 is 1.31 bits per heavy atom. The molecule has 2 aliphatic rings. The third kappa shape index (κ3) is 2.25. The summed E-state index contributed by atoms with van der Waals surface area (Å²) < 4.78 is 0. The van der Waals surface area contributed by atoms with Gasteiger partial charge in [0.25, 0.3) is 0 Å². The number of hydrogen-bond donors (Lipinski definition) is 1. The zero-order valence-electron chi connectivity index (χ0n) is 9.05. The third-order valence-corrected chi connectivity index (χ3v) is 4.13. The summed E-state index contributed by atoms with van der Waals surface area (Å²) in [4.78, 5) is 0. The lowest BCUT2D eigenvalue weighted by atomic mass is 9.82. The molecule has 0 bridgehead atoms. The molecule has 0 spiro atoms. The molecule has 1 aliphatic heterocycles. The van der Waals surface area contributed by atoms with E-state index >= 15 is 0 Å². The van der Waals surface area contributed by atoms with Gasteiger partial charge in [0.1, 0.15) is 0 Å². The maximum atomic E-state index is 3.38. The van der Waals surface area contributed by atoms with Crippen LogP contribution in [0.25, 0.3) is 0 Å². The van der Waals surface area contributed by atoms with E-state index in [4.69, 9.17) is 0 Å². The lowest BCUT2D eigenvalue weighted by Gasteiger charge is -2.34. The third-order valence-electron chi connectivity index (χ3n) is 4.13. The zero-order chi connectivity index (χ0) is 9.26. The molecule has 1 saturated carbocycles. The molecule has 76 valence electrons. The van der Waals surface area contributed by atoms with Crippen LogP contribution in [0.4, 0.5) is 0 Å². The zero-order valence-corrected chi connectivity index (χ0v) is 9.05. The van der Waals surface area contributed by atoms with E-state index in [2.05, 4.69) is 19.2 Å². The first kappa shape index (κ1) is 9.51. The minimum Gasteiger partial charge on any atom is -0.316 e. The minimum absolute atomic E-state index is 0.969. The van der Waals surface area contributed by atoms with Crippen LogP contribution in [-0.2, 0) is 0 Å². The molecule has 1 heteroatoms. The molecule has 3 unspecified atom stereocenters. The van der Waals surface area contributed by atoms with Crippen molar-refractivity contribution in [3.8, 4) is 0 Å². The summed E-state index contributed by atoms with van der Waals surface area (Å²) in [6, 6.07) is 0. The van der Waals surface area contributed by atoms with Crippen LogP contribution in [0.1, 0.15) is 39.5 Å². The molecule has 1 N–H and O–H groups in total. The highest BCUT2D eigenvalue weighted by Gasteiger charge is 2.28. The average Bonchev–Trinajstić information content (AvgIpc) is 2.31. The first-order chi connectivity index (χ1) is 6.25. The molecule has 0 aromatic heterocycles. The normalized spacial score (nSPS) is 37.4. The molecular formula is C12H23N. The molecule has 0 amide bonds. The van der Waals surface area contributed by atoms with Crippen molar-refractivity contribution in [2.75, 3.05) is 13.1 Å². The molecule has 0 aromatic carbocycles. The van der Waals surface area contributed by atoms with Crippen LogP contribution in [-0.4, -0.2) is 13.1 Å². The van der Waals surface area contributed by atoms with Crippen molar-refractivity contribution >= 4 is 0 Å². The predicted molar refractivity (Wildman–Crippen MR) is 56.6 cm³/mol.